The van der Waals surface area contributed by atoms with Gasteiger partial charge in [-0.3, -0.25) is 0 Å². The minimum Gasteiger partial charge on any atom is -0.0651 e. The Balaban J connectivity index is 1.85. The van der Waals surface area contributed by atoms with E-state index in [-0.39, 0.29) is 0 Å². The molecule has 0 N–H and O–H groups in total. The van der Waals surface area contributed by atoms with Gasteiger partial charge in [0.1, 0.15) is 0 Å². The van der Waals surface area contributed by atoms with Crippen LogP contribution in [-0.4, -0.2) is 0 Å². The lowest BCUT2D eigenvalue weighted by Crippen LogP contribution is -2.04. The van der Waals surface area contributed by atoms with Crippen LogP contribution in [0.15, 0.2) is 97.1 Å². The lowest BCUT2D eigenvalue weighted by atomic mass is 9.78. The van der Waals surface area contributed by atoms with E-state index in [4.69, 9.17) is 0 Å². The molecule has 1 aliphatic rings. The molecule has 0 nitrogen and oxygen atoms in total. The van der Waals surface area contributed by atoms with Gasteiger partial charge < -0.3 is 0 Å². The summed E-state index contributed by atoms with van der Waals surface area (Å²) >= 11 is 0. The van der Waals surface area contributed by atoms with E-state index in [1.165, 1.54) is 66.4 Å². The summed E-state index contributed by atoms with van der Waals surface area (Å²) in [4.78, 5) is 0. The molecule has 0 atom stereocenters. The first kappa shape index (κ1) is 20.9. The van der Waals surface area contributed by atoms with Crippen LogP contribution in [0.3, 0.4) is 0 Å². The van der Waals surface area contributed by atoms with Gasteiger partial charge in [-0.05, 0) is 79.2 Å². The van der Waals surface area contributed by atoms with Crippen LogP contribution in [0.5, 0.6) is 0 Å². The lowest BCUT2D eigenvalue weighted by molar-refractivity contribution is 0.911. The standard InChI is InChI=1S/C34H30/c1-3-13-26-31(24-15-7-5-8-16-24)32(25-17-9-6-10-18-25)27(14-4-2)34-29-22-12-20-23-19-11-21-28(30(23)29)33(26)34/h5-12,15-22H,3-4,13-14H2,1-2H3. The van der Waals surface area contributed by atoms with Gasteiger partial charge >= 0.3 is 0 Å². The minimum atomic E-state index is 1.07. The fourth-order valence-corrected chi connectivity index (χ4v) is 6.05. The molecule has 0 fully saturated rings. The highest BCUT2D eigenvalue weighted by molar-refractivity contribution is 6.19. The van der Waals surface area contributed by atoms with Crippen molar-refractivity contribution in [1.82, 2.24) is 0 Å². The van der Waals surface area contributed by atoms with E-state index in [1.807, 2.05) is 0 Å². The Morgan fingerprint density at radius 3 is 1.29 bits per heavy atom. The highest BCUT2D eigenvalue weighted by Gasteiger charge is 2.31. The molecule has 1 aliphatic carbocycles. The number of hydrogen-bond acceptors (Lipinski definition) is 0. The number of fused-ring (bicyclic) bond motifs is 3. The molecule has 5 aromatic carbocycles. The molecule has 0 saturated heterocycles. The Labute approximate surface area is 202 Å². The molecular formula is C34H30. The van der Waals surface area contributed by atoms with Gasteiger partial charge in [-0.2, -0.15) is 0 Å². The smallest absolute Gasteiger partial charge is 0.00262 e. The van der Waals surface area contributed by atoms with E-state index in [0.717, 1.165) is 25.7 Å². The van der Waals surface area contributed by atoms with Crippen molar-refractivity contribution in [3.8, 4) is 44.5 Å². The predicted molar refractivity (Wildman–Crippen MR) is 147 cm³/mol. The maximum atomic E-state index is 2.35. The Kier molecular flexibility index (Phi) is 5.30. The Hall–Kier alpha value is -3.64. The summed E-state index contributed by atoms with van der Waals surface area (Å²) < 4.78 is 0. The highest BCUT2D eigenvalue weighted by atomic mass is 14.3. The van der Waals surface area contributed by atoms with E-state index < -0.39 is 0 Å². The van der Waals surface area contributed by atoms with Crippen LogP contribution in [0.1, 0.15) is 37.8 Å². The molecule has 0 aliphatic heterocycles. The van der Waals surface area contributed by atoms with Gasteiger partial charge in [-0.1, -0.05) is 124 Å². The topological polar surface area (TPSA) is 0 Å². The molecule has 0 heterocycles. The van der Waals surface area contributed by atoms with E-state index in [1.54, 1.807) is 0 Å². The van der Waals surface area contributed by atoms with Gasteiger partial charge in [0.2, 0.25) is 0 Å². The average Bonchev–Trinajstić information content (AvgIpc) is 3.23. The summed E-state index contributed by atoms with van der Waals surface area (Å²) in [6, 6.07) is 35.9. The zero-order valence-corrected chi connectivity index (χ0v) is 20.1. The van der Waals surface area contributed by atoms with E-state index in [9.17, 15) is 0 Å². The maximum Gasteiger partial charge on any atom is -0.00262 e. The molecule has 0 radical (unpaired) electrons. The zero-order valence-electron chi connectivity index (χ0n) is 20.1. The second-order valence-corrected chi connectivity index (χ2v) is 9.40. The van der Waals surface area contributed by atoms with E-state index in [2.05, 4.69) is 111 Å². The van der Waals surface area contributed by atoms with Crippen LogP contribution in [-0.2, 0) is 12.8 Å². The highest BCUT2D eigenvalue weighted by Crippen LogP contribution is 2.56. The first-order chi connectivity index (χ1) is 16.8. The average molecular weight is 439 g/mol. The van der Waals surface area contributed by atoms with Crippen molar-refractivity contribution in [3.63, 3.8) is 0 Å². The van der Waals surface area contributed by atoms with Crippen molar-refractivity contribution >= 4 is 10.8 Å². The maximum absolute atomic E-state index is 2.35. The third-order valence-electron chi connectivity index (χ3n) is 7.28. The van der Waals surface area contributed by atoms with Gasteiger partial charge in [-0.25, -0.2) is 0 Å². The quantitative estimate of drug-likeness (QED) is 0.243. The van der Waals surface area contributed by atoms with Crippen molar-refractivity contribution < 1.29 is 0 Å². The summed E-state index contributed by atoms with van der Waals surface area (Å²) in [6.07, 6.45) is 4.40. The predicted octanol–water partition coefficient (Wildman–Crippen LogP) is 9.73. The summed E-state index contributed by atoms with van der Waals surface area (Å²) in [5.41, 5.74) is 14.3. The monoisotopic (exact) mass is 438 g/mol. The van der Waals surface area contributed by atoms with Gasteiger partial charge in [0.05, 0.1) is 0 Å². The van der Waals surface area contributed by atoms with Crippen molar-refractivity contribution in [3.05, 3.63) is 108 Å². The van der Waals surface area contributed by atoms with Crippen molar-refractivity contribution in [1.29, 1.82) is 0 Å². The van der Waals surface area contributed by atoms with Crippen molar-refractivity contribution in [2.24, 2.45) is 0 Å². The molecule has 0 bridgehead atoms. The fourth-order valence-electron chi connectivity index (χ4n) is 6.05. The molecule has 0 unspecified atom stereocenters. The second kappa shape index (κ2) is 8.61. The third-order valence-corrected chi connectivity index (χ3v) is 7.28. The van der Waals surface area contributed by atoms with Gasteiger partial charge in [-0.15, -0.1) is 0 Å². The molecule has 0 heteroatoms. The van der Waals surface area contributed by atoms with E-state index >= 15 is 0 Å². The van der Waals surface area contributed by atoms with Crippen LogP contribution in [0.4, 0.5) is 0 Å². The van der Waals surface area contributed by atoms with Gasteiger partial charge in [0.25, 0.3) is 0 Å². The molecule has 0 amide bonds. The first-order valence-electron chi connectivity index (χ1n) is 12.7. The summed E-state index contributed by atoms with van der Waals surface area (Å²) in [5.74, 6) is 0. The van der Waals surface area contributed by atoms with E-state index in [0.29, 0.717) is 0 Å². The van der Waals surface area contributed by atoms with Crippen LogP contribution in [0, 0.1) is 0 Å². The Morgan fingerprint density at radius 1 is 0.441 bits per heavy atom. The second-order valence-electron chi connectivity index (χ2n) is 9.40. The van der Waals surface area contributed by atoms with Crippen LogP contribution in [0.25, 0.3) is 55.3 Å². The molecule has 5 aromatic rings. The SMILES string of the molecule is CCCc1c(-c2ccccc2)c(-c2ccccc2)c(CCC)c2c1-c1cccc3cccc-2c13. The molecule has 34 heavy (non-hydrogen) atoms. The van der Waals surface area contributed by atoms with Crippen molar-refractivity contribution in [2.75, 3.05) is 0 Å². The van der Waals surface area contributed by atoms with Crippen LogP contribution in [0.2, 0.25) is 0 Å². The van der Waals surface area contributed by atoms with Gasteiger partial charge in [0.15, 0.2) is 0 Å². The summed E-state index contributed by atoms with van der Waals surface area (Å²) in [7, 11) is 0. The largest absolute Gasteiger partial charge is 0.0651 e. The van der Waals surface area contributed by atoms with Crippen LogP contribution >= 0.6 is 0 Å². The van der Waals surface area contributed by atoms with Crippen molar-refractivity contribution in [2.45, 2.75) is 39.5 Å². The molecule has 0 aromatic heterocycles. The Bertz CT molecular complexity index is 1380. The molecule has 0 spiro atoms. The number of rotatable bonds is 6. The Morgan fingerprint density at radius 2 is 0.882 bits per heavy atom. The third kappa shape index (κ3) is 3.13. The number of hydrogen-bond donors (Lipinski definition) is 0. The zero-order chi connectivity index (χ0) is 23.1. The lowest BCUT2D eigenvalue weighted by Gasteiger charge is -2.25. The molecule has 6 rings (SSSR count). The molecule has 166 valence electrons. The molecule has 0 saturated carbocycles. The summed E-state index contributed by atoms with van der Waals surface area (Å²) in [5, 5.41) is 2.78. The fraction of sp³-hybridized carbons (Fsp3) is 0.176. The number of benzene rings is 5. The normalized spacial score (nSPS) is 11.7. The minimum absolute atomic E-state index is 1.07. The van der Waals surface area contributed by atoms with Crippen LogP contribution < -0.4 is 0 Å². The first-order valence-corrected chi connectivity index (χ1v) is 12.7. The summed E-state index contributed by atoms with van der Waals surface area (Å²) in [6.45, 7) is 4.62. The molecular weight excluding hydrogens is 408 g/mol. The van der Waals surface area contributed by atoms with Gasteiger partial charge in [0, 0.05) is 0 Å².